The smallest absolute Gasteiger partial charge is 0.241 e. The molecule has 1 aromatic rings. The average Bonchev–Trinajstić information content (AvgIpc) is 3.22. The Hall–Kier alpha value is -1.00. The number of hydrogen-bond acceptors (Lipinski definition) is 5. The van der Waals surface area contributed by atoms with Crippen LogP contribution in [0.3, 0.4) is 0 Å². The van der Waals surface area contributed by atoms with Gasteiger partial charge in [-0.25, -0.2) is 26.3 Å². The van der Waals surface area contributed by atoms with Crippen LogP contribution in [0.4, 0.5) is 0 Å². The molecule has 2 saturated carbocycles. The van der Waals surface area contributed by atoms with Gasteiger partial charge in [0.25, 0.3) is 0 Å². The van der Waals surface area contributed by atoms with Gasteiger partial charge in [0.15, 0.2) is 0 Å². The summed E-state index contributed by atoms with van der Waals surface area (Å²) in [5.74, 6) is 0. The molecule has 0 aromatic heterocycles. The number of benzene rings is 1. The molecule has 0 bridgehead atoms. The molecule has 2 aliphatic carbocycles. The van der Waals surface area contributed by atoms with Gasteiger partial charge in [-0.1, -0.05) is 18.9 Å². The van der Waals surface area contributed by atoms with Gasteiger partial charge < -0.3 is 5.73 Å². The molecule has 9 heteroatoms. The Bertz CT molecular complexity index is 811. The SMILES string of the molecule is NCC1(NS(=O)(=O)c2cccc(S(=O)(=O)NC3CC3)c2)CCCC1. The van der Waals surface area contributed by atoms with Crippen molar-refractivity contribution in [3.63, 3.8) is 0 Å². The Morgan fingerprint density at radius 1 is 1.04 bits per heavy atom. The average molecular weight is 374 g/mol. The summed E-state index contributed by atoms with van der Waals surface area (Å²) < 4.78 is 55.2. The van der Waals surface area contributed by atoms with Gasteiger partial charge >= 0.3 is 0 Å². The lowest BCUT2D eigenvalue weighted by Gasteiger charge is -2.28. The Morgan fingerprint density at radius 2 is 1.62 bits per heavy atom. The van der Waals surface area contributed by atoms with Crippen LogP contribution in [0, 0.1) is 0 Å². The summed E-state index contributed by atoms with van der Waals surface area (Å²) in [6.45, 7) is 0.230. The zero-order valence-electron chi connectivity index (χ0n) is 13.4. The largest absolute Gasteiger partial charge is 0.329 e. The van der Waals surface area contributed by atoms with Crippen molar-refractivity contribution in [1.29, 1.82) is 0 Å². The molecule has 0 radical (unpaired) electrons. The predicted molar refractivity (Wildman–Crippen MR) is 90.4 cm³/mol. The lowest BCUT2D eigenvalue weighted by Crippen LogP contribution is -2.51. The van der Waals surface area contributed by atoms with E-state index in [1.165, 1.54) is 24.3 Å². The van der Waals surface area contributed by atoms with Crippen molar-refractivity contribution in [2.24, 2.45) is 5.73 Å². The van der Waals surface area contributed by atoms with Crippen molar-refractivity contribution in [2.75, 3.05) is 6.54 Å². The minimum Gasteiger partial charge on any atom is -0.329 e. The monoisotopic (exact) mass is 373 g/mol. The van der Waals surface area contributed by atoms with Crippen molar-refractivity contribution in [3.05, 3.63) is 24.3 Å². The molecule has 2 aliphatic rings. The molecule has 134 valence electrons. The van der Waals surface area contributed by atoms with E-state index < -0.39 is 25.6 Å². The molecule has 0 spiro atoms. The highest BCUT2D eigenvalue weighted by Gasteiger charge is 2.37. The second-order valence-corrected chi connectivity index (χ2v) is 10.1. The molecule has 7 nitrogen and oxygen atoms in total. The molecule has 4 N–H and O–H groups in total. The van der Waals surface area contributed by atoms with Gasteiger partial charge in [-0.05, 0) is 43.9 Å². The van der Waals surface area contributed by atoms with Crippen molar-refractivity contribution < 1.29 is 16.8 Å². The second kappa shape index (κ2) is 6.38. The molecule has 2 fully saturated rings. The van der Waals surface area contributed by atoms with E-state index in [1.807, 2.05) is 0 Å². The number of nitrogens with one attached hydrogen (secondary N) is 2. The standard InChI is InChI=1S/C15H23N3O4S2/c16-11-15(8-1-2-9-15)18-24(21,22)14-5-3-4-13(10-14)23(19,20)17-12-6-7-12/h3-5,10,12,17-18H,1-2,6-9,11,16H2. The first-order valence-electron chi connectivity index (χ1n) is 8.13. The quantitative estimate of drug-likeness (QED) is 0.649. The van der Waals surface area contributed by atoms with E-state index in [4.69, 9.17) is 5.73 Å². The van der Waals surface area contributed by atoms with E-state index in [-0.39, 0.29) is 22.4 Å². The second-order valence-electron chi connectivity index (χ2n) is 6.67. The van der Waals surface area contributed by atoms with E-state index in [0.29, 0.717) is 12.8 Å². The minimum atomic E-state index is -3.83. The van der Waals surface area contributed by atoms with E-state index >= 15 is 0 Å². The maximum atomic E-state index is 12.7. The first kappa shape index (κ1) is 17.8. The van der Waals surface area contributed by atoms with Crippen LogP contribution in [-0.2, 0) is 20.0 Å². The molecule has 0 aliphatic heterocycles. The highest BCUT2D eigenvalue weighted by atomic mass is 32.2. The molecule has 0 unspecified atom stereocenters. The molecule has 3 rings (SSSR count). The lowest BCUT2D eigenvalue weighted by molar-refractivity contribution is 0.399. The number of rotatable bonds is 7. The van der Waals surface area contributed by atoms with Crippen molar-refractivity contribution in [2.45, 2.75) is 59.9 Å². The van der Waals surface area contributed by atoms with Gasteiger partial charge in [0.05, 0.1) is 9.79 Å². The van der Waals surface area contributed by atoms with E-state index in [1.54, 1.807) is 0 Å². The van der Waals surface area contributed by atoms with Crippen LogP contribution in [0.1, 0.15) is 38.5 Å². The van der Waals surface area contributed by atoms with Crippen LogP contribution in [0.2, 0.25) is 0 Å². The van der Waals surface area contributed by atoms with Crippen molar-refractivity contribution in [1.82, 2.24) is 9.44 Å². The van der Waals surface area contributed by atoms with E-state index in [0.717, 1.165) is 25.7 Å². The van der Waals surface area contributed by atoms with Gasteiger partial charge in [-0.3, -0.25) is 0 Å². The van der Waals surface area contributed by atoms with Crippen molar-refractivity contribution >= 4 is 20.0 Å². The Labute approximate surface area is 143 Å². The molecule has 0 atom stereocenters. The summed E-state index contributed by atoms with van der Waals surface area (Å²) in [5, 5.41) is 0. The Balaban J connectivity index is 1.87. The molecule has 24 heavy (non-hydrogen) atoms. The minimum absolute atomic E-state index is 0.0348. The third-order valence-electron chi connectivity index (χ3n) is 4.63. The van der Waals surface area contributed by atoms with Crippen LogP contribution >= 0.6 is 0 Å². The lowest BCUT2D eigenvalue weighted by atomic mass is 10.0. The highest BCUT2D eigenvalue weighted by Crippen LogP contribution is 2.31. The van der Waals surface area contributed by atoms with Gasteiger partial charge in [-0.2, -0.15) is 0 Å². The molecule has 0 heterocycles. The van der Waals surface area contributed by atoms with Crippen LogP contribution in [-0.4, -0.2) is 35.0 Å². The van der Waals surface area contributed by atoms with Gasteiger partial charge in [0.1, 0.15) is 0 Å². The summed E-state index contributed by atoms with van der Waals surface area (Å²) in [4.78, 5) is -0.0913. The predicted octanol–water partition coefficient (Wildman–Crippen LogP) is 0.677. The zero-order chi connectivity index (χ0) is 17.4. The molecule has 0 saturated heterocycles. The zero-order valence-corrected chi connectivity index (χ0v) is 15.0. The van der Waals surface area contributed by atoms with Crippen molar-refractivity contribution in [3.8, 4) is 0 Å². The number of hydrogen-bond donors (Lipinski definition) is 3. The fourth-order valence-corrected chi connectivity index (χ4v) is 5.98. The Kier molecular flexibility index (Phi) is 4.73. The summed E-state index contributed by atoms with van der Waals surface area (Å²) in [6, 6.07) is 5.41. The fraction of sp³-hybridized carbons (Fsp3) is 0.600. The normalized spacial score (nSPS) is 21.0. The highest BCUT2D eigenvalue weighted by molar-refractivity contribution is 7.90. The third kappa shape index (κ3) is 3.80. The summed E-state index contributed by atoms with van der Waals surface area (Å²) >= 11 is 0. The van der Waals surface area contributed by atoms with E-state index in [9.17, 15) is 16.8 Å². The first-order valence-corrected chi connectivity index (χ1v) is 11.1. The van der Waals surface area contributed by atoms with Gasteiger partial charge in [0, 0.05) is 18.1 Å². The molecular formula is C15H23N3O4S2. The first-order chi connectivity index (χ1) is 11.3. The van der Waals surface area contributed by atoms with Crippen LogP contribution < -0.4 is 15.2 Å². The van der Waals surface area contributed by atoms with Crippen LogP contribution in [0.5, 0.6) is 0 Å². The topological polar surface area (TPSA) is 118 Å². The molecular weight excluding hydrogens is 350 g/mol. The van der Waals surface area contributed by atoms with E-state index in [2.05, 4.69) is 9.44 Å². The van der Waals surface area contributed by atoms with Crippen LogP contribution in [0.25, 0.3) is 0 Å². The van der Waals surface area contributed by atoms with Crippen LogP contribution in [0.15, 0.2) is 34.1 Å². The third-order valence-corrected chi connectivity index (χ3v) is 7.72. The number of sulfonamides is 2. The Morgan fingerprint density at radius 3 is 2.17 bits per heavy atom. The summed E-state index contributed by atoms with van der Waals surface area (Å²) in [7, 11) is -7.53. The molecule has 1 aromatic carbocycles. The molecule has 0 amide bonds. The summed E-state index contributed by atoms with van der Waals surface area (Å²) in [5.41, 5.74) is 5.16. The number of nitrogens with two attached hydrogens (primary N) is 1. The maximum Gasteiger partial charge on any atom is 0.241 e. The van der Waals surface area contributed by atoms with Gasteiger partial charge in [0.2, 0.25) is 20.0 Å². The van der Waals surface area contributed by atoms with Gasteiger partial charge in [-0.15, -0.1) is 0 Å². The fourth-order valence-electron chi connectivity index (χ4n) is 3.04. The summed E-state index contributed by atoms with van der Waals surface area (Å²) in [6.07, 6.45) is 4.89. The maximum absolute atomic E-state index is 12.7.